The SMILES string of the molecule is Nc1[nH+]c(C2(c3ccccc3)CCCC2)cs1. The van der Waals surface area contributed by atoms with Gasteiger partial charge in [-0.3, -0.25) is 5.73 Å². The van der Waals surface area contributed by atoms with Gasteiger partial charge in [-0.15, -0.1) is 0 Å². The van der Waals surface area contributed by atoms with Crippen LogP contribution in [0, 0.1) is 0 Å². The summed E-state index contributed by atoms with van der Waals surface area (Å²) in [6.07, 6.45) is 5.06. The molecule has 1 aromatic heterocycles. The molecule has 0 amide bonds. The van der Waals surface area contributed by atoms with Gasteiger partial charge in [-0.25, -0.2) is 4.98 Å². The third kappa shape index (κ3) is 1.75. The Hall–Kier alpha value is -1.35. The van der Waals surface area contributed by atoms with Crippen molar-refractivity contribution in [3.05, 3.63) is 47.0 Å². The van der Waals surface area contributed by atoms with E-state index in [1.54, 1.807) is 11.3 Å². The summed E-state index contributed by atoms with van der Waals surface area (Å²) in [7, 11) is 0. The van der Waals surface area contributed by atoms with Gasteiger partial charge in [0.25, 0.3) is 0 Å². The number of H-pyrrole nitrogens is 1. The van der Waals surface area contributed by atoms with Crippen LogP contribution in [0.5, 0.6) is 0 Å². The van der Waals surface area contributed by atoms with E-state index in [0.29, 0.717) is 0 Å². The minimum absolute atomic E-state index is 0.176. The normalized spacial score (nSPS) is 18.4. The molecule has 0 bridgehead atoms. The van der Waals surface area contributed by atoms with Crippen molar-refractivity contribution in [2.24, 2.45) is 0 Å². The minimum atomic E-state index is 0.176. The van der Waals surface area contributed by atoms with Crippen LogP contribution < -0.4 is 10.7 Å². The molecule has 17 heavy (non-hydrogen) atoms. The molecule has 3 rings (SSSR count). The maximum absolute atomic E-state index is 5.85. The number of aromatic nitrogens is 1. The fourth-order valence-corrected chi connectivity index (χ4v) is 3.69. The molecule has 0 aliphatic heterocycles. The molecule has 1 saturated carbocycles. The number of anilines is 1. The van der Waals surface area contributed by atoms with Gasteiger partial charge in [-0.1, -0.05) is 54.5 Å². The molecule has 1 heterocycles. The van der Waals surface area contributed by atoms with E-state index in [1.807, 2.05) is 0 Å². The summed E-state index contributed by atoms with van der Waals surface area (Å²) in [5.74, 6) is 0. The Morgan fingerprint density at radius 2 is 1.82 bits per heavy atom. The molecule has 1 aliphatic rings. The molecule has 1 fully saturated rings. The largest absolute Gasteiger partial charge is 0.329 e. The predicted octanol–water partition coefficient (Wildman–Crippen LogP) is 3.00. The van der Waals surface area contributed by atoms with Crippen LogP contribution in [0.4, 0.5) is 5.13 Å². The number of thiazole rings is 1. The number of aromatic amines is 1. The number of hydrogen-bond acceptors (Lipinski definition) is 2. The van der Waals surface area contributed by atoms with E-state index in [0.717, 1.165) is 5.13 Å². The average molecular weight is 245 g/mol. The van der Waals surface area contributed by atoms with Crippen molar-refractivity contribution in [1.29, 1.82) is 0 Å². The standard InChI is InChI=1S/C14H16N2S/c15-13-16-12(10-17-13)14(8-4-5-9-14)11-6-2-1-3-7-11/h1-3,6-7,10H,4-5,8-9H2,(H2,15,16)/p+1. The van der Waals surface area contributed by atoms with Crippen molar-refractivity contribution in [3.8, 4) is 0 Å². The lowest BCUT2D eigenvalue weighted by molar-refractivity contribution is -0.373. The molecule has 2 nitrogen and oxygen atoms in total. The van der Waals surface area contributed by atoms with Gasteiger partial charge in [-0.05, 0) is 18.4 Å². The fourth-order valence-electron chi connectivity index (χ4n) is 3.00. The van der Waals surface area contributed by atoms with E-state index in [-0.39, 0.29) is 5.41 Å². The first kappa shape index (κ1) is 10.8. The average Bonchev–Trinajstić information content (AvgIpc) is 2.99. The van der Waals surface area contributed by atoms with Crippen LogP contribution in [0.2, 0.25) is 0 Å². The zero-order valence-electron chi connectivity index (χ0n) is 9.78. The van der Waals surface area contributed by atoms with Gasteiger partial charge in [0.2, 0.25) is 0 Å². The van der Waals surface area contributed by atoms with Crippen LogP contribution in [-0.4, -0.2) is 0 Å². The number of nitrogens with one attached hydrogen (secondary N) is 1. The highest BCUT2D eigenvalue weighted by atomic mass is 32.1. The van der Waals surface area contributed by atoms with E-state index in [1.165, 1.54) is 36.9 Å². The first-order chi connectivity index (χ1) is 8.31. The highest BCUT2D eigenvalue weighted by molar-refractivity contribution is 7.13. The molecule has 3 N–H and O–H groups in total. The van der Waals surface area contributed by atoms with Crippen LogP contribution in [0.1, 0.15) is 36.9 Å². The van der Waals surface area contributed by atoms with Gasteiger partial charge in [-0.2, -0.15) is 0 Å². The Balaban J connectivity index is 2.11. The fraction of sp³-hybridized carbons (Fsp3) is 0.357. The van der Waals surface area contributed by atoms with Crippen LogP contribution in [0.25, 0.3) is 0 Å². The molecular weight excluding hydrogens is 228 g/mol. The summed E-state index contributed by atoms with van der Waals surface area (Å²) in [5.41, 5.74) is 8.74. The summed E-state index contributed by atoms with van der Waals surface area (Å²) < 4.78 is 0. The number of hydrogen-bond donors (Lipinski definition) is 1. The Morgan fingerprint density at radius 1 is 1.12 bits per heavy atom. The molecule has 0 saturated heterocycles. The van der Waals surface area contributed by atoms with Crippen molar-refractivity contribution in [3.63, 3.8) is 0 Å². The third-order valence-corrected chi connectivity index (χ3v) is 4.57. The molecule has 0 spiro atoms. The van der Waals surface area contributed by atoms with Crippen LogP contribution in [0.15, 0.2) is 35.7 Å². The lowest BCUT2D eigenvalue weighted by Gasteiger charge is -2.26. The highest BCUT2D eigenvalue weighted by Crippen LogP contribution is 2.45. The zero-order valence-corrected chi connectivity index (χ0v) is 10.6. The summed E-state index contributed by atoms with van der Waals surface area (Å²) in [4.78, 5) is 3.35. The zero-order chi connectivity index (χ0) is 11.7. The Bertz CT molecular complexity index is 498. The Labute approximate surface area is 106 Å². The Kier molecular flexibility index (Phi) is 2.63. The molecule has 1 aliphatic carbocycles. The summed E-state index contributed by atoms with van der Waals surface area (Å²) in [6.45, 7) is 0. The van der Waals surface area contributed by atoms with Crippen LogP contribution >= 0.6 is 11.3 Å². The van der Waals surface area contributed by atoms with Crippen molar-refractivity contribution >= 4 is 16.5 Å². The van der Waals surface area contributed by atoms with E-state index in [4.69, 9.17) is 5.73 Å². The third-order valence-electron chi connectivity index (χ3n) is 3.86. The molecule has 1 aromatic carbocycles. The maximum Gasteiger partial charge on any atom is 0.329 e. The van der Waals surface area contributed by atoms with Crippen molar-refractivity contribution < 1.29 is 4.98 Å². The van der Waals surface area contributed by atoms with E-state index >= 15 is 0 Å². The van der Waals surface area contributed by atoms with Gasteiger partial charge in [0.15, 0.2) is 0 Å². The van der Waals surface area contributed by atoms with Crippen molar-refractivity contribution in [1.82, 2.24) is 0 Å². The lowest BCUT2D eigenvalue weighted by Crippen LogP contribution is -2.30. The van der Waals surface area contributed by atoms with Gasteiger partial charge in [0.05, 0.1) is 5.41 Å². The summed E-state index contributed by atoms with van der Waals surface area (Å²) >= 11 is 1.61. The van der Waals surface area contributed by atoms with Crippen LogP contribution in [0.3, 0.4) is 0 Å². The van der Waals surface area contributed by atoms with Gasteiger partial charge in [0.1, 0.15) is 5.69 Å². The van der Waals surface area contributed by atoms with Gasteiger partial charge in [0, 0.05) is 5.38 Å². The van der Waals surface area contributed by atoms with Crippen molar-refractivity contribution in [2.45, 2.75) is 31.1 Å². The monoisotopic (exact) mass is 245 g/mol. The molecule has 2 aromatic rings. The van der Waals surface area contributed by atoms with Crippen molar-refractivity contribution in [2.75, 3.05) is 5.73 Å². The minimum Gasteiger partial charge on any atom is -0.278 e. The number of nitrogen functional groups attached to an aromatic ring is 1. The molecule has 0 atom stereocenters. The quantitative estimate of drug-likeness (QED) is 0.868. The Morgan fingerprint density at radius 3 is 2.41 bits per heavy atom. The number of nitrogens with two attached hydrogens (primary N) is 1. The van der Waals surface area contributed by atoms with Gasteiger partial charge >= 0.3 is 5.13 Å². The number of rotatable bonds is 2. The first-order valence-corrected chi connectivity index (χ1v) is 7.01. The predicted molar refractivity (Wildman–Crippen MR) is 71.0 cm³/mol. The number of benzene rings is 1. The maximum atomic E-state index is 5.85. The second-order valence-electron chi connectivity index (χ2n) is 4.79. The summed E-state index contributed by atoms with van der Waals surface area (Å²) in [6, 6.07) is 10.8. The van der Waals surface area contributed by atoms with E-state index in [9.17, 15) is 0 Å². The second-order valence-corrected chi connectivity index (χ2v) is 5.71. The lowest BCUT2D eigenvalue weighted by atomic mass is 9.76. The molecular formula is C14H17N2S+. The molecule has 0 unspecified atom stereocenters. The topological polar surface area (TPSA) is 40.2 Å². The molecule has 3 heteroatoms. The van der Waals surface area contributed by atoms with Crippen LogP contribution in [-0.2, 0) is 5.41 Å². The van der Waals surface area contributed by atoms with E-state index in [2.05, 4.69) is 40.7 Å². The van der Waals surface area contributed by atoms with Gasteiger partial charge < -0.3 is 0 Å². The molecule has 88 valence electrons. The smallest absolute Gasteiger partial charge is 0.278 e. The van der Waals surface area contributed by atoms with E-state index < -0.39 is 0 Å². The molecule has 0 radical (unpaired) electrons. The second kappa shape index (κ2) is 4.15. The first-order valence-electron chi connectivity index (χ1n) is 6.13. The summed E-state index contributed by atoms with van der Waals surface area (Å²) in [5, 5.41) is 3.00. The highest BCUT2D eigenvalue weighted by Gasteiger charge is 2.40.